The van der Waals surface area contributed by atoms with Crippen LogP contribution in [-0.2, 0) is 18.3 Å². The maximum Gasteiger partial charge on any atom is 0.226 e. The number of hydrogen-bond donors (Lipinski definition) is 1. The molecular formula is C15H17N7OS. The molecule has 0 saturated carbocycles. The van der Waals surface area contributed by atoms with Gasteiger partial charge in [-0.15, -0.1) is 16.4 Å². The van der Waals surface area contributed by atoms with Crippen LogP contribution in [0.2, 0.25) is 0 Å². The first-order valence-electron chi connectivity index (χ1n) is 7.78. The van der Waals surface area contributed by atoms with E-state index in [1.807, 2.05) is 11.0 Å². The van der Waals surface area contributed by atoms with E-state index in [2.05, 4.69) is 37.0 Å². The average molecular weight is 343 g/mol. The molecule has 0 bridgehead atoms. The van der Waals surface area contributed by atoms with Gasteiger partial charge in [-0.25, -0.2) is 14.6 Å². The van der Waals surface area contributed by atoms with Crippen molar-refractivity contribution in [2.24, 2.45) is 13.0 Å². The summed E-state index contributed by atoms with van der Waals surface area (Å²) in [6.45, 7) is 1.97. The Hall–Kier alpha value is -2.55. The van der Waals surface area contributed by atoms with Gasteiger partial charge in [0.05, 0.1) is 5.92 Å². The van der Waals surface area contributed by atoms with Gasteiger partial charge in [0.15, 0.2) is 17.0 Å². The fourth-order valence-electron chi connectivity index (χ4n) is 2.80. The van der Waals surface area contributed by atoms with Gasteiger partial charge in [0.2, 0.25) is 5.91 Å². The van der Waals surface area contributed by atoms with Gasteiger partial charge in [-0.05, 0) is 17.9 Å². The van der Waals surface area contributed by atoms with E-state index in [9.17, 15) is 4.79 Å². The molecule has 4 heterocycles. The zero-order chi connectivity index (χ0) is 16.5. The van der Waals surface area contributed by atoms with Crippen LogP contribution >= 0.6 is 11.3 Å². The van der Waals surface area contributed by atoms with Crippen molar-refractivity contribution in [2.45, 2.75) is 6.42 Å². The van der Waals surface area contributed by atoms with Crippen LogP contribution in [0.3, 0.4) is 0 Å². The highest BCUT2D eigenvalue weighted by Gasteiger charge is 2.34. The number of hydrogen-bond acceptors (Lipinski definition) is 7. The fourth-order valence-corrected chi connectivity index (χ4v) is 3.51. The molecule has 1 aliphatic rings. The van der Waals surface area contributed by atoms with E-state index in [-0.39, 0.29) is 11.8 Å². The average Bonchev–Trinajstić information content (AvgIpc) is 3.17. The number of rotatable bonds is 5. The van der Waals surface area contributed by atoms with E-state index >= 15 is 0 Å². The van der Waals surface area contributed by atoms with E-state index in [1.54, 1.807) is 23.1 Å². The van der Waals surface area contributed by atoms with E-state index in [0.717, 1.165) is 12.2 Å². The van der Waals surface area contributed by atoms with Crippen molar-refractivity contribution in [2.75, 3.05) is 24.5 Å². The standard InChI is InChI=1S/C15H17N7OS/c1-21-13-12(19-20-21)14(18-9-17-13)22-7-10(8-22)15(23)16-5-4-11-3-2-6-24-11/h2-3,6,9-10H,4-5,7-8H2,1H3,(H,16,23). The molecule has 1 N–H and O–H groups in total. The molecule has 3 aromatic heterocycles. The number of amides is 1. The lowest BCUT2D eigenvalue weighted by atomic mass is 9.99. The first-order valence-corrected chi connectivity index (χ1v) is 8.66. The summed E-state index contributed by atoms with van der Waals surface area (Å²) in [6.07, 6.45) is 2.39. The van der Waals surface area contributed by atoms with Gasteiger partial charge in [-0.3, -0.25) is 4.79 Å². The van der Waals surface area contributed by atoms with Crippen molar-refractivity contribution in [1.82, 2.24) is 30.3 Å². The molecule has 1 amide bonds. The van der Waals surface area contributed by atoms with Gasteiger partial charge in [-0.2, -0.15) is 0 Å². The van der Waals surface area contributed by atoms with Crippen molar-refractivity contribution in [3.8, 4) is 0 Å². The normalized spacial score (nSPS) is 14.8. The molecule has 8 nitrogen and oxygen atoms in total. The van der Waals surface area contributed by atoms with Crippen molar-refractivity contribution in [3.63, 3.8) is 0 Å². The highest BCUT2D eigenvalue weighted by molar-refractivity contribution is 7.09. The Bertz CT molecular complexity index is 854. The Morgan fingerprint density at radius 1 is 1.42 bits per heavy atom. The van der Waals surface area contributed by atoms with Gasteiger partial charge in [0, 0.05) is 31.6 Å². The summed E-state index contributed by atoms with van der Waals surface area (Å²) in [5.74, 6) is 0.845. The number of aryl methyl sites for hydroxylation is 1. The highest BCUT2D eigenvalue weighted by atomic mass is 32.1. The maximum absolute atomic E-state index is 12.2. The molecule has 4 rings (SSSR count). The largest absolute Gasteiger partial charge is 0.355 e. The third-order valence-corrected chi connectivity index (χ3v) is 5.11. The van der Waals surface area contributed by atoms with Crippen molar-refractivity contribution in [3.05, 3.63) is 28.7 Å². The smallest absolute Gasteiger partial charge is 0.226 e. The third-order valence-electron chi connectivity index (χ3n) is 4.17. The van der Waals surface area contributed by atoms with E-state index in [1.165, 1.54) is 11.2 Å². The molecule has 0 radical (unpaired) electrons. The van der Waals surface area contributed by atoms with E-state index < -0.39 is 0 Å². The topological polar surface area (TPSA) is 88.8 Å². The molecule has 0 unspecified atom stereocenters. The lowest BCUT2D eigenvalue weighted by Gasteiger charge is -2.38. The first kappa shape index (κ1) is 15.0. The Morgan fingerprint density at radius 3 is 3.08 bits per heavy atom. The minimum atomic E-state index is -0.00461. The third kappa shape index (κ3) is 2.71. The van der Waals surface area contributed by atoms with Gasteiger partial charge in [-0.1, -0.05) is 11.3 Å². The predicted molar refractivity (Wildman–Crippen MR) is 90.8 cm³/mol. The molecule has 1 fully saturated rings. The van der Waals surface area contributed by atoms with Crippen LogP contribution in [0.4, 0.5) is 5.82 Å². The van der Waals surface area contributed by atoms with Crippen LogP contribution in [0.25, 0.3) is 11.2 Å². The number of nitrogens with one attached hydrogen (secondary N) is 1. The molecule has 0 aliphatic carbocycles. The molecule has 0 spiro atoms. The molecule has 0 atom stereocenters. The van der Waals surface area contributed by atoms with Gasteiger partial charge >= 0.3 is 0 Å². The zero-order valence-electron chi connectivity index (χ0n) is 13.2. The van der Waals surface area contributed by atoms with Crippen LogP contribution in [-0.4, -0.2) is 50.5 Å². The number of aromatic nitrogens is 5. The summed E-state index contributed by atoms with van der Waals surface area (Å²) in [5, 5.41) is 13.2. The summed E-state index contributed by atoms with van der Waals surface area (Å²) < 4.78 is 1.62. The second kappa shape index (κ2) is 6.16. The molecule has 0 aromatic carbocycles. The lowest BCUT2D eigenvalue weighted by molar-refractivity contribution is -0.125. The molecule has 24 heavy (non-hydrogen) atoms. The van der Waals surface area contributed by atoms with Crippen LogP contribution in [0, 0.1) is 5.92 Å². The first-order chi connectivity index (χ1) is 11.7. The SMILES string of the molecule is Cn1nnc2c(N3CC(C(=O)NCCc4cccs4)C3)ncnc21. The van der Waals surface area contributed by atoms with Crippen LogP contribution < -0.4 is 10.2 Å². The monoisotopic (exact) mass is 343 g/mol. The summed E-state index contributed by atoms with van der Waals surface area (Å²) >= 11 is 1.71. The zero-order valence-corrected chi connectivity index (χ0v) is 14.0. The number of carbonyl (C=O) groups excluding carboxylic acids is 1. The van der Waals surface area contributed by atoms with E-state index in [4.69, 9.17) is 0 Å². The van der Waals surface area contributed by atoms with E-state index in [0.29, 0.717) is 30.8 Å². The van der Waals surface area contributed by atoms with Crippen LogP contribution in [0.5, 0.6) is 0 Å². The van der Waals surface area contributed by atoms with Gasteiger partial charge in [0.1, 0.15) is 6.33 Å². The Labute approximate surface area is 142 Å². The number of thiophene rings is 1. The lowest BCUT2D eigenvalue weighted by Crippen LogP contribution is -2.54. The Kier molecular flexibility index (Phi) is 3.85. The summed E-state index contributed by atoms with van der Waals surface area (Å²) in [6, 6.07) is 4.11. The summed E-state index contributed by atoms with van der Waals surface area (Å²) in [5.41, 5.74) is 1.38. The maximum atomic E-state index is 12.2. The fraction of sp³-hybridized carbons (Fsp3) is 0.400. The predicted octanol–water partition coefficient (Wildman–Crippen LogP) is 0.615. The van der Waals surface area contributed by atoms with Gasteiger partial charge < -0.3 is 10.2 Å². The quantitative estimate of drug-likeness (QED) is 0.730. The minimum absolute atomic E-state index is 0.00461. The summed E-state index contributed by atoms with van der Waals surface area (Å²) in [4.78, 5) is 24.0. The summed E-state index contributed by atoms with van der Waals surface area (Å²) in [7, 11) is 1.80. The Morgan fingerprint density at radius 2 is 2.29 bits per heavy atom. The van der Waals surface area contributed by atoms with Crippen molar-refractivity contribution >= 4 is 34.2 Å². The highest BCUT2D eigenvalue weighted by Crippen LogP contribution is 2.27. The molecule has 1 aliphatic heterocycles. The minimum Gasteiger partial charge on any atom is -0.355 e. The molecular weight excluding hydrogens is 326 g/mol. The Balaban J connectivity index is 1.33. The van der Waals surface area contributed by atoms with Gasteiger partial charge in [0.25, 0.3) is 0 Å². The number of carbonyl (C=O) groups is 1. The van der Waals surface area contributed by atoms with Crippen LogP contribution in [0.1, 0.15) is 4.88 Å². The molecule has 124 valence electrons. The van der Waals surface area contributed by atoms with Crippen molar-refractivity contribution in [1.29, 1.82) is 0 Å². The second-order valence-electron chi connectivity index (χ2n) is 5.80. The van der Waals surface area contributed by atoms with Crippen LogP contribution in [0.15, 0.2) is 23.8 Å². The van der Waals surface area contributed by atoms with Crippen molar-refractivity contribution < 1.29 is 4.79 Å². The molecule has 1 saturated heterocycles. The number of anilines is 1. The molecule has 3 aromatic rings. The second-order valence-corrected chi connectivity index (χ2v) is 6.84. The number of nitrogens with zero attached hydrogens (tertiary/aromatic N) is 6. The number of fused-ring (bicyclic) bond motifs is 1. The molecule has 9 heteroatoms.